The summed E-state index contributed by atoms with van der Waals surface area (Å²) in [6.07, 6.45) is 0. The first-order chi connectivity index (χ1) is 15.6. The van der Waals surface area contributed by atoms with Crippen LogP contribution in [0.15, 0.2) is 83.7 Å². The van der Waals surface area contributed by atoms with E-state index in [1.807, 2.05) is 12.1 Å². The Labute approximate surface area is 180 Å². The molecule has 0 spiro atoms. The van der Waals surface area contributed by atoms with Crippen LogP contribution in [0.5, 0.6) is 0 Å². The highest BCUT2D eigenvalue weighted by atomic mass is 16.2. The van der Waals surface area contributed by atoms with E-state index in [4.69, 9.17) is 0 Å². The second-order valence-corrected chi connectivity index (χ2v) is 6.97. The van der Waals surface area contributed by atoms with Crippen molar-refractivity contribution in [2.45, 2.75) is 0 Å². The van der Waals surface area contributed by atoms with E-state index < -0.39 is 11.8 Å². The molecule has 0 atom stereocenters. The zero-order chi connectivity index (χ0) is 22.1. The minimum atomic E-state index is -0.668. The van der Waals surface area contributed by atoms with Crippen molar-refractivity contribution in [2.75, 3.05) is 0 Å². The third kappa shape index (κ3) is 3.27. The fourth-order valence-electron chi connectivity index (χ4n) is 3.47. The van der Waals surface area contributed by atoms with Crippen LogP contribution in [0.2, 0.25) is 0 Å². The highest BCUT2D eigenvalue weighted by Crippen LogP contribution is 2.16. The molecule has 2 amide bonds. The third-order valence-electron chi connectivity index (χ3n) is 5.00. The molecule has 0 saturated carbocycles. The summed E-state index contributed by atoms with van der Waals surface area (Å²) in [5, 5.41) is 12.4. The number of H-pyrrole nitrogens is 1. The maximum atomic E-state index is 13.0. The van der Waals surface area contributed by atoms with Gasteiger partial charge in [0.25, 0.3) is 17.4 Å². The number of nitrogens with zero attached hydrogens (tertiary/aromatic N) is 3. The minimum Gasteiger partial charge on any atom is -0.277 e. The van der Waals surface area contributed by atoms with Crippen LogP contribution in [0.25, 0.3) is 27.4 Å². The van der Waals surface area contributed by atoms with Crippen molar-refractivity contribution < 1.29 is 9.59 Å². The molecule has 9 heteroatoms. The average molecular weight is 424 g/mol. The van der Waals surface area contributed by atoms with Crippen molar-refractivity contribution in [1.29, 1.82) is 0 Å². The molecule has 0 radical (unpaired) electrons. The number of hydrazine groups is 1. The normalized spacial score (nSPS) is 10.9. The molecular weight excluding hydrogens is 408 g/mol. The maximum Gasteiger partial charge on any atom is 0.290 e. The van der Waals surface area contributed by atoms with Gasteiger partial charge in [-0.15, -0.1) is 0 Å². The van der Waals surface area contributed by atoms with E-state index in [9.17, 15) is 14.4 Å². The topological polar surface area (TPSA) is 122 Å². The molecule has 0 aliphatic carbocycles. The van der Waals surface area contributed by atoms with Crippen molar-refractivity contribution in [3.8, 4) is 5.69 Å². The summed E-state index contributed by atoms with van der Waals surface area (Å²) >= 11 is 0. The number of aromatic nitrogens is 4. The molecule has 32 heavy (non-hydrogen) atoms. The predicted octanol–water partition coefficient (Wildman–Crippen LogP) is 2.34. The Morgan fingerprint density at radius 2 is 1.31 bits per heavy atom. The highest BCUT2D eigenvalue weighted by Gasteiger charge is 2.19. The highest BCUT2D eigenvalue weighted by molar-refractivity contribution is 6.08. The van der Waals surface area contributed by atoms with Gasteiger partial charge in [-0.3, -0.25) is 30.3 Å². The van der Waals surface area contributed by atoms with Crippen molar-refractivity contribution >= 4 is 33.5 Å². The molecule has 5 rings (SSSR count). The number of rotatable bonds is 3. The molecular formula is C23H16N6O3. The Hall–Kier alpha value is -4.79. The van der Waals surface area contributed by atoms with Gasteiger partial charge in [0.05, 0.1) is 16.6 Å². The van der Waals surface area contributed by atoms with Gasteiger partial charge in [-0.25, -0.2) is 0 Å². The Balaban J connectivity index is 1.49. The molecule has 9 nitrogen and oxygen atoms in total. The van der Waals surface area contributed by atoms with Crippen LogP contribution in [0.3, 0.4) is 0 Å². The largest absolute Gasteiger partial charge is 0.290 e. The summed E-state index contributed by atoms with van der Waals surface area (Å²) < 4.78 is 1.17. The smallest absolute Gasteiger partial charge is 0.277 e. The molecule has 2 aromatic heterocycles. The zero-order valence-corrected chi connectivity index (χ0v) is 16.6. The Bertz CT molecular complexity index is 1540. The van der Waals surface area contributed by atoms with Crippen molar-refractivity contribution in [2.24, 2.45) is 0 Å². The summed E-state index contributed by atoms with van der Waals surface area (Å²) in [6, 6.07) is 22.6. The second-order valence-electron chi connectivity index (χ2n) is 6.97. The standard InChI is InChI=1S/C23H16N6O3/c30-21(19-17-12-6-7-13-18(17)24-25-19)26-27-22(31)20-15-10-4-5-11-16(15)23(32)29(28-20)14-8-2-1-3-9-14/h1-13H,(H,24,25)(H,26,30)(H,27,31). The van der Waals surface area contributed by atoms with Gasteiger partial charge < -0.3 is 0 Å². The van der Waals surface area contributed by atoms with Crippen LogP contribution in [-0.4, -0.2) is 31.8 Å². The number of nitrogens with one attached hydrogen (secondary N) is 3. The number of aromatic amines is 1. The predicted molar refractivity (Wildman–Crippen MR) is 118 cm³/mol. The molecule has 5 aromatic rings. The molecule has 0 bridgehead atoms. The number of hydrogen-bond donors (Lipinski definition) is 3. The molecule has 0 saturated heterocycles. The van der Waals surface area contributed by atoms with E-state index in [0.29, 0.717) is 27.4 Å². The summed E-state index contributed by atoms with van der Waals surface area (Å²) in [7, 11) is 0. The van der Waals surface area contributed by atoms with Crippen LogP contribution < -0.4 is 16.4 Å². The van der Waals surface area contributed by atoms with Gasteiger partial charge in [0.2, 0.25) is 0 Å². The van der Waals surface area contributed by atoms with Crippen LogP contribution in [0.1, 0.15) is 21.0 Å². The molecule has 156 valence electrons. The van der Waals surface area contributed by atoms with Gasteiger partial charge in [-0.2, -0.15) is 14.9 Å². The number of benzene rings is 3. The average Bonchev–Trinajstić information content (AvgIpc) is 3.28. The van der Waals surface area contributed by atoms with Gasteiger partial charge in [-0.1, -0.05) is 54.6 Å². The molecule has 0 aliphatic heterocycles. The number of fused-ring (bicyclic) bond motifs is 2. The first kappa shape index (κ1) is 19.2. The quantitative estimate of drug-likeness (QED) is 0.384. The first-order valence-electron chi connectivity index (χ1n) is 9.75. The van der Waals surface area contributed by atoms with E-state index in [1.54, 1.807) is 66.7 Å². The summed E-state index contributed by atoms with van der Waals surface area (Å²) in [4.78, 5) is 38.5. The molecule has 3 N–H and O–H groups in total. The Kier molecular flexibility index (Phi) is 4.68. The van der Waals surface area contributed by atoms with E-state index >= 15 is 0 Å². The van der Waals surface area contributed by atoms with Crippen LogP contribution in [0.4, 0.5) is 0 Å². The summed E-state index contributed by atoms with van der Waals surface area (Å²) in [5.41, 5.74) is 5.75. The molecule has 3 aromatic carbocycles. The lowest BCUT2D eigenvalue weighted by Gasteiger charge is -2.11. The van der Waals surface area contributed by atoms with Gasteiger partial charge in [0.15, 0.2) is 11.4 Å². The van der Waals surface area contributed by atoms with Gasteiger partial charge in [-0.05, 0) is 24.3 Å². The van der Waals surface area contributed by atoms with Crippen molar-refractivity contribution in [3.63, 3.8) is 0 Å². The van der Waals surface area contributed by atoms with E-state index in [0.717, 1.165) is 0 Å². The summed E-state index contributed by atoms with van der Waals surface area (Å²) in [6.45, 7) is 0. The van der Waals surface area contributed by atoms with Crippen molar-refractivity contribution in [3.05, 3.63) is 101 Å². The third-order valence-corrected chi connectivity index (χ3v) is 5.00. The lowest BCUT2D eigenvalue weighted by molar-refractivity contribution is 0.0842. The maximum absolute atomic E-state index is 13.0. The Morgan fingerprint density at radius 1 is 0.719 bits per heavy atom. The number of carbonyl (C=O) groups is 2. The van der Waals surface area contributed by atoms with Gasteiger partial charge in [0.1, 0.15) is 0 Å². The lowest BCUT2D eigenvalue weighted by atomic mass is 10.1. The minimum absolute atomic E-state index is 0.00348. The van der Waals surface area contributed by atoms with E-state index in [2.05, 4.69) is 26.1 Å². The molecule has 2 heterocycles. The number of para-hydroxylation sites is 2. The first-order valence-corrected chi connectivity index (χ1v) is 9.75. The van der Waals surface area contributed by atoms with Gasteiger partial charge in [0, 0.05) is 10.8 Å². The lowest BCUT2D eigenvalue weighted by Crippen LogP contribution is -2.43. The van der Waals surface area contributed by atoms with Gasteiger partial charge >= 0.3 is 0 Å². The number of amides is 2. The Morgan fingerprint density at radius 3 is 2.06 bits per heavy atom. The van der Waals surface area contributed by atoms with E-state index in [1.165, 1.54) is 4.68 Å². The fourth-order valence-corrected chi connectivity index (χ4v) is 3.47. The zero-order valence-electron chi connectivity index (χ0n) is 16.6. The van der Waals surface area contributed by atoms with Crippen LogP contribution in [-0.2, 0) is 0 Å². The fraction of sp³-hybridized carbons (Fsp3) is 0. The van der Waals surface area contributed by atoms with Crippen LogP contribution >= 0.6 is 0 Å². The molecule has 0 fully saturated rings. The molecule has 0 aliphatic rings. The number of hydrogen-bond acceptors (Lipinski definition) is 5. The SMILES string of the molecule is O=C(NNC(=O)c1nn(-c2ccccc2)c(=O)c2ccccc12)c1n[nH]c2ccccc12. The second kappa shape index (κ2) is 7.80. The van der Waals surface area contributed by atoms with Crippen LogP contribution in [0, 0.1) is 0 Å². The van der Waals surface area contributed by atoms with E-state index in [-0.39, 0.29) is 16.9 Å². The number of carbonyl (C=O) groups excluding carboxylic acids is 2. The summed E-state index contributed by atoms with van der Waals surface area (Å²) in [5.74, 6) is -1.25. The monoisotopic (exact) mass is 424 g/mol. The molecule has 0 unspecified atom stereocenters. The van der Waals surface area contributed by atoms with Crippen molar-refractivity contribution in [1.82, 2.24) is 30.8 Å².